The molecule has 0 aromatic carbocycles. The average molecular weight is 210 g/mol. The Labute approximate surface area is 88.0 Å². The van der Waals surface area contributed by atoms with Crippen LogP contribution in [0.2, 0.25) is 0 Å². The van der Waals surface area contributed by atoms with Crippen LogP contribution >= 0.6 is 0 Å². The molecule has 2 heterocycles. The largest absolute Gasteiger partial charge is 0.298 e. The highest BCUT2D eigenvalue weighted by molar-refractivity contribution is 5.93. The standard InChI is InChI=1S/C10H14N2O3/c1-7(13)8-3-2-6-11-9(14)4-5-10(15)12(8)11/h8H,2-6H2,1H3. The minimum atomic E-state index is -0.421. The molecule has 2 saturated heterocycles. The van der Waals surface area contributed by atoms with Crippen molar-refractivity contribution in [3.05, 3.63) is 0 Å². The Balaban J connectivity index is 2.27. The smallest absolute Gasteiger partial charge is 0.242 e. The molecule has 0 aromatic heterocycles. The van der Waals surface area contributed by atoms with E-state index in [9.17, 15) is 14.4 Å². The zero-order valence-electron chi connectivity index (χ0n) is 8.73. The van der Waals surface area contributed by atoms with E-state index in [1.54, 1.807) is 0 Å². The molecule has 0 aliphatic carbocycles. The molecule has 1 unspecified atom stereocenters. The summed E-state index contributed by atoms with van der Waals surface area (Å²) in [6, 6.07) is -0.421. The van der Waals surface area contributed by atoms with E-state index in [2.05, 4.69) is 0 Å². The fourth-order valence-electron chi connectivity index (χ4n) is 2.22. The number of fused-ring (bicyclic) bond motifs is 1. The molecule has 2 rings (SSSR count). The Hall–Kier alpha value is -1.39. The zero-order chi connectivity index (χ0) is 11.0. The molecule has 2 fully saturated rings. The van der Waals surface area contributed by atoms with E-state index in [0.717, 1.165) is 6.42 Å². The summed E-state index contributed by atoms with van der Waals surface area (Å²) in [5.41, 5.74) is 0. The number of Topliss-reactive ketones (excluding diaryl/α,β-unsaturated/α-hetero) is 1. The third-order valence-electron chi connectivity index (χ3n) is 2.97. The summed E-state index contributed by atoms with van der Waals surface area (Å²) in [4.78, 5) is 34.6. The van der Waals surface area contributed by atoms with Gasteiger partial charge in [-0.15, -0.1) is 0 Å². The van der Waals surface area contributed by atoms with E-state index >= 15 is 0 Å². The highest BCUT2D eigenvalue weighted by atomic mass is 16.2. The molecule has 0 saturated carbocycles. The summed E-state index contributed by atoms with van der Waals surface area (Å²) in [6.07, 6.45) is 1.98. The van der Waals surface area contributed by atoms with E-state index in [0.29, 0.717) is 13.0 Å². The van der Waals surface area contributed by atoms with E-state index in [4.69, 9.17) is 0 Å². The lowest BCUT2D eigenvalue weighted by molar-refractivity contribution is -0.183. The number of amides is 2. The van der Waals surface area contributed by atoms with Gasteiger partial charge >= 0.3 is 0 Å². The second-order valence-electron chi connectivity index (χ2n) is 4.02. The van der Waals surface area contributed by atoms with Crippen molar-refractivity contribution in [3.63, 3.8) is 0 Å². The lowest BCUT2D eigenvalue weighted by Crippen LogP contribution is -2.62. The Morgan fingerprint density at radius 3 is 2.60 bits per heavy atom. The third-order valence-corrected chi connectivity index (χ3v) is 2.97. The van der Waals surface area contributed by atoms with Crippen molar-refractivity contribution in [2.75, 3.05) is 6.54 Å². The molecular weight excluding hydrogens is 196 g/mol. The normalized spacial score (nSPS) is 26.6. The van der Waals surface area contributed by atoms with Gasteiger partial charge in [-0.3, -0.25) is 19.4 Å². The Morgan fingerprint density at radius 2 is 1.93 bits per heavy atom. The zero-order valence-corrected chi connectivity index (χ0v) is 8.73. The van der Waals surface area contributed by atoms with Gasteiger partial charge in [0.1, 0.15) is 6.04 Å². The first-order valence-corrected chi connectivity index (χ1v) is 5.24. The van der Waals surface area contributed by atoms with Gasteiger partial charge in [-0.25, -0.2) is 5.01 Å². The quantitative estimate of drug-likeness (QED) is 0.617. The summed E-state index contributed by atoms with van der Waals surface area (Å²) in [6.45, 7) is 2.04. The van der Waals surface area contributed by atoms with Crippen molar-refractivity contribution < 1.29 is 14.4 Å². The van der Waals surface area contributed by atoms with Crippen LogP contribution in [0.15, 0.2) is 0 Å². The van der Waals surface area contributed by atoms with Crippen molar-refractivity contribution >= 4 is 17.6 Å². The maximum Gasteiger partial charge on any atom is 0.242 e. The molecule has 2 aliphatic heterocycles. The molecule has 2 amide bonds. The monoisotopic (exact) mass is 210 g/mol. The van der Waals surface area contributed by atoms with Gasteiger partial charge in [0.2, 0.25) is 11.8 Å². The Bertz CT molecular complexity index is 321. The topological polar surface area (TPSA) is 57.7 Å². The SMILES string of the molecule is CC(=O)C1CCCN2C(=O)CCC(=O)N12. The van der Waals surface area contributed by atoms with Crippen molar-refractivity contribution in [2.45, 2.75) is 38.6 Å². The molecule has 0 radical (unpaired) electrons. The summed E-state index contributed by atoms with van der Waals surface area (Å²) >= 11 is 0. The highest BCUT2D eigenvalue weighted by Crippen LogP contribution is 2.24. The first-order chi connectivity index (χ1) is 7.11. The van der Waals surface area contributed by atoms with Crippen LogP contribution in [-0.4, -0.2) is 40.2 Å². The third kappa shape index (κ3) is 1.62. The van der Waals surface area contributed by atoms with Crippen LogP contribution in [0.5, 0.6) is 0 Å². The Morgan fingerprint density at radius 1 is 1.27 bits per heavy atom. The molecule has 0 aromatic rings. The van der Waals surface area contributed by atoms with E-state index in [1.807, 2.05) is 0 Å². The van der Waals surface area contributed by atoms with E-state index in [-0.39, 0.29) is 30.4 Å². The molecule has 5 nitrogen and oxygen atoms in total. The lowest BCUT2D eigenvalue weighted by atomic mass is 10.0. The molecule has 82 valence electrons. The number of rotatable bonds is 1. The number of hydrogen-bond donors (Lipinski definition) is 0. The van der Waals surface area contributed by atoms with Gasteiger partial charge in [-0.05, 0) is 19.8 Å². The van der Waals surface area contributed by atoms with Crippen molar-refractivity contribution in [2.24, 2.45) is 0 Å². The number of hydrazine groups is 1. The van der Waals surface area contributed by atoms with Gasteiger partial charge in [-0.1, -0.05) is 0 Å². The van der Waals surface area contributed by atoms with Crippen LogP contribution in [0.4, 0.5) is 0 Å². The van der Waals surface area contributed by atoms with Crippen LogP contribution < -0.4 is 0 Å². The van der Waals surface area contributed by atoms with Gasteiger partial charge in [0, 0.05) is 19.4 Å². The molecule has 0 bridgehead atoms. The summed E-state index contributed by atoms with van der Waals surface area (Å²) < 4.78 is 0. The molecule has 15 heavy (non-hydrogen) atoms. The molecule has 5 heteroatoms. The Kier molecular flexibility index (Phi) is 2.46. The summed E-state index contributed by atoms with van der Waals surface area (Å²) in [5, 5.41) is 2.82. The van der Waals surface area contributed by atoms with Gasteiger partial charge in [0.15, 0.2) is 5.78 Å². The van der Waals surface area contributed by atoms with Gasteiger partial charge in [-0.2, -0.15) is 0 Å². The second kappa shape index (κ2) is 3.64. The number of carbonyl (C=O) groups excluding carboxylic acids is 3. The lowest BCUT2D eigenvalue weighted by Gasteiger charge is -2.45. The average Bonchev–Trinajstić information content (AvgIpc) is 2.23. The van der Waals surface area contributed by atoms with Crippen molar-refractivity contribution in [1.29, 1.82) is 0 Å². The van der Waals surface area contributed by atoms with Crippen LogP contribution in [0.1, 0.15) is 32.6 Å². The highest BCUT2D eigenvalue weighted by Gasteiger charge is 2.40. The van der Waals surface area contributed by atoms with E-state index in [1.165, 1.54) is 16.9 Å². The predicted octanol–water partition coefficient (Wildman–Crippen LogP) is 0.104. The molecule has 0 N–H and O–H groups in total. The summed E-state index contributed by atoms with van der Waals surface area (Å²) in [7, 11) is 0. The first kappa shape index (κ1) is 10.1. The van der Waals surface area contributed by atoms with E-state index < -0.39 is 6.04 Å². The maximum atomic E-state index is 11.7. The van der Waals surface area contributed by atoms with Crippen LogP contribution in [0.25, 0.3) is 0 Å². The fourth-order valence-corrected chi connectivity index (χ4v) is 2.22. The molecule has 2 aliphatic rings. The number of nitrogens with zero attached hydrogens (tertiary/aromatic N) is 2. The van der Waals surface area contributed by atoms with Gasteiger partial charge in [0.05, 0.1) is 0 Å². The first-order valence-electron chi connectivity index (χ1n) is 5.24. The summed E-state index contributed by atoms with van der Waals surface area (Å²) in [5.74, 6) is -0.183. The van der Waals surface area contributed by atoms with Crippen LogP contribution in [0, 0.1) is 0 Å². The van der Waals surface area contributed by atoms with Crippen molar-refractivity contribution in [3.8, 4) is 0 Å². The molecule has 0 spiro atoms. The maximum absolute atomic E-state index is 11.7. The fraction of sp³-hybridized carbons (Fsp3) is 0.700. The minimum Gasteiger partial charge on any atom is -0.298 e. The predicted molar refractivity (Wildman–Crippen MR) is 51.5 cm³/mol. The number of hydrogen-bond acceptors (Lipinski definition) is 3. The van der Waals surface area contributed by atoms with Crippen LogP contribution in [-0.2, 0) is 14.4 Å². The van der Waals surface area contributed by atoms with Crippen LogP contribution in [0.3, 0.4) is 0 Å². The molecule has 1 atom stereocenters. The number of carbonyl (C=O) groups is 3. The number of ketones is 1. The van der Waals surface area contributed by atoms with Gasteiger partial charge < -0.3 is 0 Å². The van der Waals surface area contributed by atoms with Gasteiger partial charge in [0.25, 0.3) is 0 Å². The van der Waals surface area contributed by atoms with Crippen molar-refractivity contribution in [1.82, 2.24) is 10.0 Å². The molecular formula is C10H14N2O3. The second-order valence-corrected chi connectivity index (χ2v) is 4.02. The minimum absolute atomic E-state index is 0.0391.